The van der Waals surface area contributed by atoms with Crippen LogP contribution in [0, 0.1) is 5.92 Å². The summed E-state index contributed by atoms with van der Waals surface area (Å²) in [6.45, 7) is 1.56. The Bertz CT molecular complexity index is 628. The van der Waals surface area contributed by atoms with Gasteiger partial charge < -0.3 is 19.5 Å². The molecule has 1 atom stereocenters. The summed E-state index contributed by atoms with van der Waals surface area (Å²) in [6.07, 6.45) is 0.750. The molecule has 0 radical (unpaired) electrons. The maximum Gasteiger partial charge on any atom is 0.231 e. The van der Waals surface area contributed by atoms with Gasteiger partial charge in [-0.15, -0.1) is 0 Å². The third kappa shape index (κ3) is 3.24. The summed E-state index contributed by atoms with van der Waals surface area (Å²) in [5.74, 6) is 2.82. The minimum absolute atomic E-state index is 0.211. The van der Waals surface area contributed by atoms with E-state index in [1.54, 1.807) is 7.11 Å². The highest BCUT2D eigenvalue weighted by atomic mass is 32.2. The maximum atomic E-state index is 11.4. The smallest absolute Gasteiger partial charge is 0.231 e. The molecule has 0 aliphatic carbocycles. The zero-order valence-corrected chi connectivity index (χ0v) is 12.7. The Morgan fingerprint density at radius 2 is 2.24 bits per heavy atom. The average Bonchev–Trinajstić information content (AvgIpc) is 3.04. The Morgan fingerprint density at radius 1 is 1.38 bits per heavy atom. The Labute approximate surface area is 124 Å². The van der Waals surface area contributed by atoms with Crippen LogP contribution in [0.25, 0.3) is 0 Å². The van der Waals surface area contributed by atoms with Crippen LogP contribution in [0.3, 0.4) is 0 Å². The lowest BCUT2D eigenvalue weighted by Crippen LogP contribution is -2.23. The van der Waals surface area contributed by atoms with Gasteiger partial charge in [-0.2, -0.15) is 0 Å². The maximum absolute atomic E-state index is 11.4. The van der Waals surface area contributed by atoms with Crippen molar-refractivity contribution in [3.05, 3.63) is 17.7 Å². The molecule has 2 heterocycles. The van der Waals surface area contributed by atoms with E-state index in [1.807, 2.05) is 12.1 Å². The first kappa shape index (κ1) is 14.5. The van der Waals surface area contributed by atoms with Gasteiger partial charge in [0.05, 0.1) is 18.6 Å². The SMILES string of the molecule is COc1cc(CNC[C@@H]2CCS(=O)(=O)C2)cc2c1OCO2. The molecule has 0 unspecified atom stereocenters. The predicted molar refractivity (Wildman–Crippen MR) is 77.6 cm³/mol. The van der Waals surface area contributed by atoms with E-state index in [-0.39, 0.29) is 12.7 Å². The lowest BCUT2D eigenvalue weighted by atomic mass is 10.1. The number of benzene rings is 1. The van der Waals surface area contributed by atoms with Crippen LogP contribution in [0.2, 0.25) is 0 Å². The second-order valence-electron chi connectivity index (χ2n) is 5.43. The first-order valence-corrected chi connectivity index (χ1v) is 8.77. The third-order valence-electron chi connectivity index (χ3n) is 3.81. The molecule has 3 rings (SSSR count). The summed E-state index contributed by atoms with van der Waals surface area (Å²) in [5.41, 5.74) is 1.02. The van der Waals surface area contributed by atoms with Crippen LogP contribution >= 0.6 is 0 Å². The molecule has 1 saturated heterocycles. The van der Waals surface area contributed by atoms with Crippen LogP contribution in [0.5, 0.6) is 17.2 Å². The van der Waals surface area contributed by atoms with Gasteiger partial charge in [-0.25, -0.2) is 8.42 Å². The number of fused-ring (bicyclic) bond motifs is 1. The van der Waals surface area contributed by atoms with Crippen LogP contribution in [0.4, 0.5) is 0 Å². The highest BCUT2D eigenvalue weighted by Gasteiger charge is 2.27. The molecule has 2 aliphatic heterocycles. The van der Waals surface area contributed by atoms with Crippen molar-refractivity contribution in [2.24, 2.45) is 5.92 Å². The lowest BCUT2D eigenvalue weighted by Gasteiger charge is -2.11. The van der Waals surface area contributed by atoms with Crippen LogP contribution < -0.4 is 19.5 Å². The van der Waals surface area contributed by atoms with Crippen molar-refractivity contribution in [2.75, 3.05) is 32.0 Å². The molecule has 1 aromatic rings. The minimum Gasteiger partial charge on any atom is -0.493 e. The molecule has 0 aromatic heterocycles. The van der Waals surface area contributed by atoms with E-state index in [2.05, 4.69) is 5.32 Å². The standard InChI is InChI=1S/C14H19NO5S/c1-18-12-4-11(5-13-14(12)20-9-19-13)7-15-6-10-2-3-21(16,17)8-10/h4-5,10,15H,2-3,6-9H2,1H3/t10-/m0/s1. The number of ether oxygens (including phenoxy) is 3. The Balaban J connectivity index is 1.59. The van der Waals surface area contributed by atoms with Gasteiger partial charge in [0.25, 0.3) is 0 Å². The first-order valence-electron chi connectivity index (χ1n) is 6.95. The van der Waals surface area contributed by atoms with E-state index < -0.39 is 9.84 Å². The Kier molecular flexibility index (Phi) is 3.95. The molecule has 1 fully saturated rings. The molecule has 0 amide bonds. The largest absolute Gasteiger partial charge is 0.493 e. The fourth-order valence-corrected chi connectivity index (χ4v) is 4.60. The lowest BCUT2D eigenvalue weighted by molar-refractivity contribution is 0.171. The van der Waals surface area contributed by atoms with Gasteiger partial charge >= 0.3 is 0 Å². The summed E-state index contributed by atoms with van der Waals surface area (Å²) in [6, 6.07) is 3.83. The fourth-order valence-electron chi connectivity index (χ4n) is 2.74. The summed E-state index contributed by atoms with van der Waals surface area (Å²) in [4.78, 5) is 0. The van der Waals surface area contributed by atoms with Crippen molar-refractivity contribution >= 4 is 9.84 Å². The highest BCUT2D eigenvalue weighted by molar-refractivity contribution is 7.91. The van der Waals surface area contributed by atoms with Crippen molar-refractivity contribution in [3.63, 3.8) is 0 Å². The molecule has 1 N–H and O–H groups in total. The third-order valence-corrected chi connectivity index (χ3v) is 5.64. The summed E-state index contributed by atoms with van der Waals surface area (Å²) >= 11 is 0. The minimum atomic E-state index is -2.81. The topological polar surface area (TPSA) is 73.9 Å². The summed E-state index contributed by atoms with van der Waals surface area (Å²) in [5, 5.41) is 3.31. The molecule has 21 heavy (non-hydrogen) atoms. The molecule has 0 saturated carbocycles. The quantitative estimate of drug-likeness (QED) is 0.872. The molecule has 0 bridgehead atoms. The van der Waals surface area contributed by atoms with Crippen molar-refractivity contribution in [2.45, 2.75) is 13.0 Å². The van der Waals surface area contributed by atoms with E-state index in [1.165, 1.54) is 0 Å². The van der Waals surface area contributed by atoms with Crippen LogP contribution in [-0.4, -0.2) is 40.4 Å². The highest BCUT2D eigenvalue weighted by Crippen LogP contribution is 2.41. The fraction of sp³-hybridized carbons (Fsp3) is 0.571. The summed E-state index contributed by atoms with van der Waals surface area (Å²) < 4.78 is 38.8. The Hall–Kier alpha value is -1.47. The van der Waals surface area contributed by atoms with E-state index in [4.69, 9.17) is 14.2 Å². The van der Waals surface area contributed by atoms with Gasteiger partial charge in [-0.1, -0.05) is 0 Å². The van der Waals surface area contributed by atoms with Gasteiger partial charge in [-0.3, -0.25) is 0 Å². The van der Waals surface area contributed by atoms with E-state index in [0.29, 0.717) is 41.8 Å². The second kappa shape index (κ2) is 5.73. The van der Waals surface area contributed by atoms with Gasteiger partial charge in [0.15, 0.2) is 21.3 Å². The monoisotopic (exact) mass is 313 g/mol. The van der Waals surface area contributed by atoms with Gasteiger partial charge in [-0.05, 0) is 36.6 Å². The van der Waals surface area contributed by atoms with Crippen molar-refractivity contribution < 1.29 is 22.6 Å². The second-order valence-corrected chi connectivity index (χ2v) is 7.66. The molecular weight excluding hydrogens is 294 g/mol. The van der Waals surface area contributed by atoms with E-state index in [0.717, 1.165) is 12.0 Å². The van der Waals surface area contributed by atoms with Crippen LogP contribution in [0.1, 0.15) is 12.0 Å². The zero-order valence-electron chi connectivity index (χ0n) is 11.9. The normalized spacial score (nSPS) is 22.4. The first-order chi connectivity index (χ1) is 10.1. The molecular formula is C14H19NO5S. The predicted octanol–water partition coefficient (Wildman–Crippen LogP) is 0.948. The van der Waals surface area contributed by atoms with Crippen molar-refractivity contribution in [1.29, 1.82) is 0 Å². The average molecular weight is 313 g/mol. The van der Waals surface area contributed by atoms with Gasteiger partial charge in [0, 0.05) is 6.54 Å². The van der Waals surface area contributed by atoms with Crippen molar-refractivity contribution in [1.82, 2.24) is 5.32 Å². The molecule has 1 aromatic carbocycles. The molecule has 6 nitrogen and oxygen atoms in total. The number of rotatable bonds is 5. The number of hydrogen-bond donors (Lipinski definition) is 1. The molecule has 2 aliphatic rings. The molecule has 116 valence electrons. The number of nitrogens with one attached hydrogen (secondary N) is 1. The zero-order chi connectivity index (χ0) is 14.9. The van der Waals surface area contributed by atoms with E-state index >= 15 is 0 Å². The molecule has 0 spiro atoms. The number of sulfone groups is 1. The van der Waals surface area contributed by atoms with Gasteiger partial charge in [0.1, 0.15) is 0 Å². The van der Waals surface area contributed by atoms with E-state index in [9.17, 15) is 8.42 Å². The Morgan fingerprint density at radius 3 is 2.95 bits per heavy atom. The van der Waals surface area contributed by atoms with Gasteiger partial charge in [0.2, 0.25) is 12.5 Å². The number of methoxy groups -OCH3 is 1. The molecule has 7 heteroatoms. The summed E-state index contributed by atoms with van der Waals surface area (Å²) in [7, 11) is -1.21. The number of hydrogen-bond acceptors (Lipinski definition) is 6. The van der Waals surface area contributed by atoms with Crippen LogP contribution in [0.15, 0.2) is 12.1 Å². The van der Waals surface area contributed by atoms with Crippen LogP contribution in [-0.2, 0) is 16.4 Å². The van der Waals surface area contributed by atoms with Crippen molar-refractivity contribution in [3.8, 4) is 17.2 Å².